The average molecular weight is 370 g/mol. The fourth-order valence-corrected chi connectivity index (χ4v) is 4.54. The van der Waals surface area contributed by atoms with Crippen molar-refractivity contribution in [2.24, 2.45) is 0 Å². The minimum Gasteiger partial charge on any atom is -0.497 e. The molecule has 5 heteroatoms. The molecule has 4 nitrogen and oxygen atoms in total. The summed E-state index contributed by atoms with van der Waals surface area (Å²) in [4.78, 5) is 0. The summed E-state index contributed by atoms with van der Waals surface area (Å²) in [5.41, 5.74) is 0.604. The molecule has 1 aromatic carbocycles. The molecule has 1 aromatic rings. The Balaban J connectivity index is 2.67. The molecule has 0 radical (unpaired) electrons. The van der Waals surface area contributed by atoms with Gasteiger partial charge in [-0.05, 0) is 37.1 Å². The van der Waals surface area contributed by atoms with Crippen LogP contribution in [0.1, 0.15) is 78.1 Å². The molecule has 0 aliphatic carbocycles. The number of ether oxygens (including phenoxy) is 1. The highest BCUT2D eigenvalue weighted by Gasteiger charge is 2.24. The zero-order valence-electron chi connectivity index (χ0n) is 16.1. The molecular formula is C20H35NO3S. The summed E-state index contributed by atoms with van der Waals surface area (Å²) >= 11 is 0. The lowest BCUT2D eigenvalue weighted by Gasteiger charge is -2.19. The topological polar surface area (TPSA) is 55.4 Å². The molecule has 25 heavy (non-hydrogen) atoms. The largest absolute Gasteiger partial charge is 0.497 e. The number of rotatable bonds is 14. The van der Waals surface area contributed by atoms with Crippen molar-refractivity contribution in [3.8, 4) is 5.75 Å². The Morgan fingerprint density at radius 2 is 1.40 bits per heavy atom. The molecule has 1 unspecified atom stereocenters. The molecule has 0 fully saturated rings. The van der Waals surface area contributed by atoms with Gasteiger partial charge in [0.05, 0.1) is 12.4 Å². The van der Waals surface area contributed by atoms with Crippen LogP contribution in [0.4, 0.5) is 5.69 Å². The van der Waals surface area contributed by atoms with Gasteiger partial charge in [-0.15, -0.1) is 0 Å². The molecule has 0 aliphatic rings. The van der Waals surface area contributed by atoms with Crippen molar-refractivity contribution in [3.05, 3.63) is 24.3 Å². The average Bonchev–Trinajstić information content (AvgIpc) is 2.60. The van der Waals surface area contributed by atoms with E-state index in [4.69, 9.17) is 4.74 Å². The fraction of sp³-hybridized carbons (Fsp3) is 0.700. The summed E-state index contributed by atoms with van der Waals surface area (Å²) in [7, 11) is -1.76. The fourth-order valence-electron chi connectivity index (χ4n) is 2.96. The number of unbranched alkanes of at least 4 members (excludes halogenated alkanes) is 6. The minimum absolute atomic E-state index is 0.303. The number of hydrogen-bond acceptors (Lipinski definition) is 3. The highest BCUT2D eigenvalue weighted by atomic mass is 32.2. The number of benzene rings is 1. The third kappa shape index (κ3) is 8.61. The van der Waals surface area contributed by atoms with Gasteiger partial charge in [0, 0.05) is 5.69 Å². The van der Waals surface area contributed by atoms with Gasteiger partial charge in [0.25, 0.3) is 0 Å². The van der Waals surface area contributed by atoms with Crippen LogP contribution in [0, 0.1) is 0 Å². The molecule has 0 saturated carbocycles. The van der Waals surface area contributed by atoms with Crippen molar-refractivity contribution in [2.75, 3.05) is 11.8 Å². The summed E-state index contributed by atoms with van der Waals surface area (Å²) in [6.45, 7) is 4.33. The maximum absolute atomic E-state index is 12.8. The van der Waals surface area contributed by atoms with E-state index in [0.717, 1.165) is 50.7 Å². The predicted octanol–water partition coefficient (Wildman–Crippen LogP) is 5.75. The first-order chi connectivity index (χ1) is 12.0. The maximum atomic E-state index is 12.8. The first-order valence-electron chi connectivity index (χ1n) is 9.69. The van der Waals surface area contributed by atoms with Gasteiger partial charge in [0.15, 0.2) is 0 Å². The number of methoxy groups -OCH3 is 1. The van der Waals surface area contributed by atoms with Gasteiger partial charge >= 0.3 is 0 Å². The zero-order chi connectivity index (χ0) is 18.5. The van der Waals surface area contributed by atoms with Gasteiger partial charge in [-0.25, -0.2) is 8.42 Å². The van der Waals surface area contributed by atoms with Gasteiger partial charge < -0.3 is 4.74 Å². The number of anilines is 1. The van der Waals surface area contributed by atoms with Crippen molar-refractivity contribution >= 4 is 15.7 Å². The molecular weight excluding hydrogens is 334 g/mol. The monoisotopic (exact) mass is 369 g/mol. The molecule has 0 spiro atoms. The molecule has 0 aliphatic heterocycles. The molecule has 144 valence electrons. The van der Waals surface area contributed by atoms with E-state index in [1.807, 2.05) is 0 Å². The van der Waals surface area contributed by atoms with Crippen LogP contribution < -0.4 is 9.46 Å². The van der Waals surface area contributed by atoms with Gasteiger partial charge in [-0.1, -0.05) is 65.2 Å². The number of sulfonamides is 1. The van der Waals surface area contributed by atoms with Crippen molar-refractivity contribution in [3.63, 3.8) is 0 Å². The Kier molecular flexibility index (Phi) is 10.6. The molecule has 1 atom stereocenters. The second-order valence-electron chi connectivity index (χ2n) is 6.70. The minimum atomic E-state index is -3.36. The van der Waals surface area contributed by atoms with Gasteiger partial charge in [-0.3, -0.25) is 4.72 Å². The Hall–Kier alpha value is -1.23. The lowest BCUT2D eigenvalue weighted by Crippen LogP contribution is -2.28. The van der Waals surface area contributed by atoms with Crippen LogP contribution >= 0.6 is 0 Å². The second-order valence-corrected chi connectivity index (χ2v) is 8.66. The van der Waals surface area contributed by atoms with E-state index in [9.17, 15) is 8.42 Å². The van der Waals surface area contributed by atoms with Gasteiger partial charge in [0.1, 0.15) is 5.75 Å². The van der Waals surface area contributed by atoms with Crippen LogP contribution in [0.15, 0.2) is 24.3 Å². The van der Waals surface area contributed by atoms with E-state index < -0.39 is 10.0 Å². The van der Waals surface area contributed by atoms with E-state index in [1.165, 1.54) is 19.3 Å². The zero-order valence-corrected chi connectivity index (χ0v) is 16.9. The first-order valence-corrected chi connectivity index (χ1v) is 11.2. The molecule has 0 aromatic heterocycles. The molecule has 0 amide bonds. The number of hydrogen-bond donors (Lipinski definition) is 1. The Labute approximate surface area is 154 Å². The van der Waals surface area contributed by atoms with Crippen molar-refractivity contribution in [1.29, 1.82) is 0 Å². The van der Waals surface area contributed by atoms with Crippen LogP contribution in [0.5, 0.6) is 5.75 Å². The van der Waals surface area contributed by atoms with E-state index >= 15 is 0 Å². The van der Waals surface area contributed by atoms with Crippen molar-refractivity contribution in [1.82, 2.24) is 0 Å². The molecule has 0 saturated heterocycles. The van der Waals surface area contributed by atoms with Crippen LogP contribution in [-0.2, 0) is 10.0 Å². The summed E-state index contributed by atoms with van der Waals surface area (Å²) in [6, 6.07) is 7.05. The van der Waals surface area contributed by atoms with E-state index in [2.05, 4.69) is 18.6 Å². The molecule has 0 heterocycles. The van der Waals surface area contributed by atoms with Crippen LogP contribution in [0.3, 0.4) is 0 Å². The molecule has 1 N–H and O–H groups in total. The Morgan fingerprint density at radius 1 is 0.880 bits per heavy atom. The second kappa shape index (κ2) is 12.2. The van der Waals surface area contributed by atoms with Gasteiger partial charge in [-0.2, -0.15) is 0 Å². The van der Waals surface area contributed by atoms with Crippen molar-refractivity contribution < 1.29 is 13.2 Å². The maximum Gasteiger partial charge on any atom is 0.235 e. The van der Waals surface area contributed by atoms with E-state index in [0.29, 0.717) is 5.69 Å². The summed E-state index contributed by atoms with van der Waals surface area (Å²) in [5.74, 6) is 0.721. The smallest absolute Gasteiger partial charge is 0.235 e. The SMILES string of the molecule is CCCCCCCC(CCCCC)S(=O)(=O)Nc1ccc(OC)cc1. The summed E-state index contributed by atoms with van der Waals surface area (Å²) in [6.07, 6.45) is 10.4. The third-order valence-electron chi connectivity index (χ3n) is 4.55. The lowest BCUT2D eigenvalue weighted by atomic mass is 10.1. The van der Waals surface area contributed by atoms with Crippen LogP contribution in [0.2, 0.25) is 0 Å². The highest BCUT2D eigenvalue weighted by molar-refractivity contribution is 7.93. The van der Waals surface area contributed by atoms with Crippen LogP contribution in [-0.4, -0.2) is 20.8 Å². The summed E-state index contributed by atoms with van der Waals surface area (Å²) < 4.78 is 33.5. The summed E-state index contributed by atoms with van der Waals surface area (Å²) in [5, 5.41) is -0.303. The molecule has 1 rings (SSSR count). The molecule has 0 bridgehead atoms. The lowest BCUT2D eigenvalue weighted by molar-refractivity contribution is 0.415. The van der Waals surface area contributed by atoms with Crippen molar-refractivity contribution in [2.45, 2.75) is 83.3 Å². The van der Waals surface area contributed by atoms with Crippen LogP contribution in [0.25, 0.3) is 0 Å². The highest BCUT2D eigenvalue weighted by Crippen LogP contribution is 2.23. The normalized spacial score (nSPS) is 12.8. The number of nitrogens with one attached hydrogen (secondary N) is 1. The van der Waals surface area contributed by atoms with E-state index in [-0.39, 0.29) is 5.25 Å². The first kappa shape index (κ1) is 21.8. The Morgan fingerprint density at radius 3 is 1.96 bits per heavy atom. The van der Waals surface area contributed by atoms with E-state index in [1.54, 1.807) is 31.4 Å². The standard InChI is InChI=1S/C20H35NO3S/c1-4-6-8-9-11-13-20(12-10-7-5-2)25(22,23)21-18-14-16-19(24-3)17-15-18/h14-17,20-21H,4-13H2,1-3H3. The third-order valence-corrected chi connectivity index (χ3v) is 6.42. The quantitative estimate of drug-likeness (QED) is 0.425. The predicted molar refractivity (Wildman–Crippen MR) is 107 cm³/mol. The Bertz CT molecular complexity index is 555. The van der Waals surface area contributed by atoms with Gasteiger partial charge in [0.2, 0.25) is 10.0 Å².